The predicted molar refractivity (Wildman–Crippen MR) is 102 cm³/mol. The van der Waals surface area contributed by atoms with Crippen LogP contribution in [0.2, 0.25) is 0 Å². The Morgan fingerprint density at radius 1 is 1.27 bits per heavy atom. The number of alkyl halides is 3. The van der Waals surface area contributed by atoms with Crippen molar-refractivity contribution in [3.63, 3.8) is 0 Å². The lowest BCUT2D eigenvalue weighted by Gasteiger charge is -2.31. The largest absolute Gasteiger partial charge is 0.490 e. The Morgan fingerprint density at radius 2 is 1.87 bits per heavy atom. The Balaban J connectivity index is 0.000000396. The molecule has 1 aliphatic rings. The summed E-state index contributed by atoms with van der Waals surface area (Å²) in [5, 5.41) is 11.0. The van der Waals surface area contributed by atoms with Gasteiger partial charge >= 0.3 is 12.1 Å². The molecule has 1 saturated heterocycles. The highest BCUT2D eigenvalue weighted by atomic mass is 19.4. The topological polar surface area (TPSA) is 86.9 Å². The van der Waals surface area contributed by atoms with Crippen LogP contribution in [-0.4, -0.2) is 70.8 Å². The zero-order chi connectivity index (χ0) is 22.5. The monoisotopic (exact) mass is 427 g/mol. The van der Waals surface area contributed by atoms with Gasteiger partial charge in [0.1, 0.15) is 5.76 Å². The van der Waals surface area contributed by atoms with Gasteiger partial charge in [0.2, 0.25) is 0 Å². The molecule has 1 N–H and O–H groups in total. The third kappa shape index (κ3) is 6.06. The molecular formula is C20H24F3N3O4. The van der Waals surface area contributed by atoms with Crippen LogP contribution < -0.4 is 0 Å². The SMILES string of the molecule is Cc1cc(C(=O)N2CC[C@@H](N(C)C)[C@@H]2Cc2ccccc2)no1.O=C(O)C(F)(F)F. The van der Waals surface area contributed by atoms with Crippen molar-refractivity contribution in [3.05, 3.63) is 53.4 Å². The van der Waals surface area contributed by atoms with Crippen molar-refractivity contribution in [3.8, 4) is 0 Å². The summed E-state index contributed by atoms with van der Waals surface area (Å²) in [5.74, 6) is -2.13. The molecule has 0 radical (unpaired) electrons. The molecule has 164 valence electrons. The van der Waals surface area contributed by atoms with Gasteiger partial charge in [-0.15, -0.1) is 0 Å². The Kier molecular flexibility index (Phi) is 7.60. The molecule has 0 aliphatic carbocycles. The molecule has 1 amide bonds. The molecule has 2 atom stereocenters. The number of carbonyl (C=O) groups is 2. The number of likely N-dealkylation sites (N-methyl/N-ethyl adjacent to an activating group) is 1. The van der Waals surface area contributed by atoms with Gasteiger partial charge in [0.05, 0.1) is 6.04 Å². The lowest BCUT2D eigenvalue weighted by molar-refractivity contribution is -0.192. The summed E-state index contributed by atoms with van der Waals surface area (Å²) in [5.41, 5.74) is 1.65. The third-order valence-electron chi connectivity index (χ3n) is 4.81. The van der Waals surface area contributed by atoms with Gasteiger partial charge in [-0.05, 0) is 39.4 Å². The first kappa shape index (κ1) is 23.4. The third-order valence-corrected chi connectivity index (χ3v) is 4.81. The van der Waals surface area contributed by atoms with Crippen LogP contribution >= 0.6 is 0 Å². The van der Waals surface area contributed by atoms with Crippen molar-refractivity contribution < 1.29 is 32.4 Å². The van der Waals surface area contributed by atoms with E-state index < -0.39 is 12.1 Å². The number of benzene rings is 1. The van der Waals surface area contributed by atoms with Gasteiger partial charge in [-0.3, -0.25) is 4.79 Å². The highest BCUT2D eigenvalue weighted by Gasteiger charge is 2.39. The minimum absolute atomic E-state index is 0.0351. The summed E-state index contributed by atoms with van der Waals surface area (Å²) in [6, 6.07) is 12.6. The molecule has 30 heavy (non-hydrogen) atoms. The number of halogens is 3. The number of likely N-dealkylation sites (tertiary alicyclic amines) is 1. The summed E-state index contributed by atoms with van der Waals surface area (Å²) >= 11 is 0. The van der Waals surface area contributed by atoms with Gasteiger partial charge < -0.3 is 19.4 Å². The number of carbonyl (C=O) groups excluding carboxylic acids is 1. The number of hydrogen-bond acceptors (Lipinski definition) is 5. The van der Waals surface area contributed by atoms with Gasteiger partial charge in [0.25, 0.3) is 5.91 Å². The number of amides is 1. The van der Waals surface area contributed by atoms with E-state index in [1.165, 1.54) is 5.56 Å². The fraction of sp³-hybridized carbons (Fsp3) is 0.450. The summed E-state index contributed by atoms with van der Waals surface area (Å²) in [6.07, 6.45) is -3.25. The van der Waals surface area contributed by atoms with E-state index in [2.05, 4.69) is 36.3 Å². The molecular weight excluding hydrogens is 403 g/mol. The van der Waals surface area contributed by atoms with Crippen molar-refractivity contribution in [1.29, 1.82) is 0 Å². The highest BCUT2D eigenvalue weighted by molar-refractivity contribution is 5.92. The standard InChI is InChI=1S/C18H23N3O2.C2HF3O2/c1-13-11-15(19-23-13)18(22)21-10-9-16(20(2)3)17(21)12-14-7-5-4-6-8-14;3-2(4,5)1(6)7/h4-8,11,16-17H,9-10,12H2,1-3H3;(H,6,7)/t16-,17+;/m1./s1. The van der Waals surface area contributed by atoms with Crippen molar-refractivity contribution in [2.24, 2.45) is 0 Å². The lowest BCUT2D eigenvalue weighted by atomic mass is 9.99. The number of aryl methyl sites for hydroxylation is 1. The van der Waals surface area contributed by atoms with E-state index in [0.29, 0.717) is 17.5 Å². The fourth-order valence-corrected chi connectivity index (χ4v) is 3.41. The molecule has 1 aliphatic heterocycles. The Hall–Kier alpha value is -2.88. The van der Waals surface area contributed by atoms with Crippen LogP contribution in [-0.2, 0) is 11.2 Å². The molecule has 2 heterocycles. The quantitative estimate of drug-likeness (QED) is 0.807. The van der Waals surface area contributed by atoms with Crippen molar-refractivity contribution in [2.45, 2.75) is 38.0 Å². The van der Waals surface area contributed by atoms with E-state index in [1.54, 1.807) is 13.0 Å². The maximum absolute atomic E-state index is 12.8. The zero-order valence-corrected chi connectivity index (χ0v) is 16.9. The van der Waals surface area contributed by atoms with Gasteiger partial charge in [0, 0.05) is 18.7 Å². The zero-order valence-electron chi connectivity index (χ0n) is 16.9. The molecule has 1 aromatic carbocycles. The second kappa shape index (κ2) is 9.75. The number of carboxylic acid groups (broad SMARTS) is 1. The van der Waals surface area contributed by atoms with Crippen molar-refractivity contribution >= 4 is 11.9 Å². The second-order valence-corrected chi connectivity index (χ2v) is 7.20. The predicted octanol–water partition coefficient (Wildman–Crippen LogP) is 3.00. The van der Waals surface area contributed by atoms with Gasteiger partial charge in [-0.1, -0.05) is 35.5 Å². The van der Waals surface area contributed by atoms with Crippen LogP contribution in [0.1, 0.15) is 28.2 Å². The van der Waals surface area contributed by atoms with Gasteiger partial charge in [0.15, 0.2) is 5.69 Å². The molecule has 2 aromatic rings. The molecule has 0 unspecified atom stereocenters. The number of carboxylic acids is 1. The van der Waals surface area contributed by atoms with Gasteiger partial charge in [-0.2, -0.15) is 13.2 Å². The molecule has 0 saturated carbocycles. The first-order valence-corrected chi connectivity index (χ1v) is 9.25. The highest BCUT2D eigenvalue weighted by Crippen LogP contribution is 2.26. The van der Waals surface area contributed by atoms with Gasteiger partial charge in [-0.25, -0.2) is 4.79 Å². The van der Waals surface area contributed by atoms with Crippen LogP contribution in [0.3, 0.4) is 0 Å². The first-order chi connectivity index (χ1) is 14.0. The average molecular weight is 427 g/mol. The summed E-state index contributed by atoms with van der Waals surface area (Å²) < 4.78 is 36.8. The Labute approximate surface area is 172 Å². The van der Waals surface area contributed by atoms with Crippen molar-refractivity contribution in [1.82, 2.24) is 15.0 Å². The Morgan fingerprint density at radius 3 is 2.33 bits per heavy atom. The van der Waals surface area contributed by atoms with E-state index >= 15 is 0 Å². The van der Waals surface area contributed by atoms with E-state index in [0.717, 1.165) is 19.4 Å². The second-order valence-electron chi connectivity index (χ2n) is 7.20. The van der Waals surface area contributed by atoms with E-state index in [9.17, 15) is 18.0 Å². The summed E-state index contributed by atoms with van der Waals surface area (Å²) in [4.78, 5) is 25.9. The lowest BCUT2D eigenvalue weighted by Crippen LogP contribution is -2.45. The van der Waals surface area contributed by atoms with E-state index in [-0.39, 0.29) is 11.9 Å². The van der Waals surface area contributed by atoms with Crippen LogP contribution in [0.5, 0.6) is 0 Å². The van der Waals surface area contributed by atoms with Crippen LogP contribution in [0.25, 0.3) is 0 Å². The maximum Gasteiger partial charge on any atom is 0.490 e. The number of aliphatic carboxylic acids is 1. The molecule has 10 heteroatoms. The molecule has 0 bridgehead atoms. The van der Waals surface area contributed by atoms with E-state index in [1.807, 2.05) is 23.1 Å². The number of aromatic nitrogens is 1. The number of hydrogen-bond donors (Lipinski definition) is 1. The van der Waals surface area contributed by atoms with Crippen molar-refractivity contribution in [2.75, 3.05) is 20.6 Å². The first-order valence-electron chi connectivity index (χ1n) is 9.25. The normalized spacial score (nSPS) is 18.8. The molecule has 7 nitrogen and oxygen atoms in total. The minimum atomic E-state index is -5.08. The Bertz CT molecular complexity index is 852. The van der Waals surface area contributed by atoms with E-state index in [4.69, 9.17) is 14.4 Å². The molecule has 1 fully saturated rings. The van der Waals surface area contributed by atoms with Crippen LogP contribution in [0.4, 0.5) is 13.2 Å². The van der Waals surface area contributed by atoms with Crippen LogP contribution in [0.15, 0.2) is 40.9 Å². The smallest absolute Gasteiger partial charge is 0.475 e. The summed E-state index contributed by atoms with van der Waals surface area (Å²) in [6.45, 7) is 2.56. The van der Waals surface area contributed by atoms with Crippen LogP contribution in [0, 0.1) is 6.92 Å². The maximum atomic E-state index is 12.8. The summed E-state index contributed by atoms with van der Waals surface area (Å²) in [7, 11) is 4.16. The number of nitrogens with zero attached hydrogens (tertiary/aromatic N) is 3. The molecule has 1 aromatic heterocycles. The molecule has 0 spiro atoms. The number of rotatable bonds is 4. The molecule has 3 rings (SSSR count). The minimum Gasteiger partial charge on any atom is -0.475 e. The fourth-order valence-electron chi connectivity index (χ4n) is 3.41. The average Bonchev–Trinajstić information content (AvgIpc) is 3.28.